The van der Waals surface area contributed by atoms with Gasteiger partial charge < -0.3 is 16.0 Å². The molecule has 0 bridgehead atoms. The van der Waals surface area contributed by atoms with Crippen molar-refractivity contribution in [2.75, 3.05) is 18.8 Å². The molecule has 0 aromatic carbocycles. The number of nitrogens with one attached hydrogen (secondary N) is 2. The number of H-pyrrole nitrogens is 1. The molecule has 1 aliphatic rings. The second-order valence-corrected chi connectivity index (χ2v) is 7.27. The summed E-state index contributed by atoms with van der Waals surface area (Å²) in [4.78, 5) is 16.4. The number of nitrogen functional groups attached to an aromatic ring is 1. The highest BCUT2D eigenvalue weighted by molar-refractivity contribution is 5.95. The summed E-state index contributed by atoms with van der Waals surface area (Å²) in [5, 5.41) is 9.00. The van der Waals surface area contributed by atoms with Crippen molar-refractivity contribution in [3.63, 3.8) is 0 Å². The first-order valence-electron chi connectivity index (χ1n) is 9.51. The number of aryl methyl sites for hydroxylation is 1. The lowest BCUT2D eigenvalue weighted by Crippen LogP contribution is -2.29. The highest BCUT2D eigenvalue weighted by Crippen LogP contribution is 2.31. The first-order chi connectivity index (χ1) is 13.7. The Morgan fingerprint density at radius 2 is 1.96 bits per heavy atom. The number of hydrogen-bond acceptors (Lipinski definition) is 6. The lowest BCUT2D eigenvalue weighted by Gasteiger charge is -2.22. The lowest BCUT2D eigenvalue weighted by atomic mass is 10.1. The molecule has 8 heteroatoms. The molecule has 0 radical (unpaired) electrons. The lowest BCUT2D eigenvalue weighted by molar-refractivity contribution is 0.343. The van der Waals surface area contributed by atoms with Gasteiger partial charge in [-0.1, -0.05) is 0 Å². The van der Waals surface area contributed by atoms with Crippen molar-refractivity contribution >= 4 is 17.0 Å². The number of nitrogens with zero attached hydrogens (tertiary/aromatic N) is 5. The van der Waals surface area contributed by atoms with Crippen LogP contribution in [0.3, 0.4) is 0 Å². The Balaban J connectivity index is 1.54. The summed E-state index contributed by atoms with van der Waals surface area (Å²) >= 11 is 0. The smallest absolute Gasteiger partial charge is 0.220 e. The van der Waals surface area contributed by atoms with Gasteiger partial charge in [0, 0.05) is 46.4 Å². The summed E-state index contributed by atoms with van der Waals surface area (Å²) in [6, 6.07) is 4.52. The summed E-state index contributed by atoms with van der Waals surface area (Å²) in [6.45, 7) is 4.00. The van der Waals surface area contributed by atoms with Gasteiger partial charge in [-0.3, -0.25) is 4.68 Å². The second kappa shape index (κ2) is 6.72. The molecule has 1 aliphatic heterocycles. The monoisotopic (exact) mass is 374 g/mol. The van der Waals surface area contributed by atoms with Gasteiger partial charge in [-0.05, 0) is 45.0 Å². The van der Waals surface area contributed by atoms with Gasteiger partial charge in [-0.15, -0.1) is 0 Å². The van der Waals surface area contributed by atoms with E-state index in [0.29, 0.717) is 6.04 Å². The molecule has 1 fully saturated rings. The molecule has 0 atom stereocenters. The van der Waals surface area contributed by atoms with Gasteiger partial charge in [-0.2, -0.15) is 5.10 Å². The fourth-order valence-corrected chi connectivity index (χ4v) is 3.86. The molecule has 5 heterocycles. The number of nitrogens with two attached hydrogens (primary N) is 1. The van der Waals surface area contributed by atoms with Gasteiger partial charge in [0.05, 0.1) is 17.9 Å². The van der Waals surface area contributed by atoms with Gasteiger partial charge in [0.25, 0.3) is 0 Å². The second-order valence-electron chi connectivity index (χ2n) is 7.27. The standard InChI is InChI=1S/C20H22N8/c1-12-6-18(27-20(21)26-12)17-10-24-19-16(17)7-13(8-23-19)14-9-25-28(11-14)15-2-4-22-5-3-15/h6-11,15,22H,2-5H2,1H3,(H,23,24)(H2,21,26,27). The molecule has 0 saturated carbocycles. The van der Waals surface area contributed by atoms with Crippen LogP contribution in [-0.4, -0.2) is 42.8 Å². The van der Waals surface area contributed by atoms with Crippen LogP contribution < -0.4 is 11.1 Å². The van der Waals surface area contributed by atoms with Crippen molar-refractivity contribution in [1.82, 2.24) is 35.0 Å². The van der Waals surface area contributed by atoms with Crippen molar-refractivity contribution < 1.29 is 0 Å². The maximum Gasteiger partial charge on any atom is 0.220 e. The average Bonchev–Trinajstić information content (AvgIpc) is 3.35. The van der Waals surface area contributed by atoms with Crippen LogP contribution in [0.1, 0.15) is 24.6 Å². The van der Waals surface area contributed by atoms with E-state index in [1.165, 1.54) is 0 Å². The highest BCUT2D eigenvalue weighted by atomic mass is 15.3. The molecule has 28 heavy (non-hydrogen) atoms. The van der Waals surface area contributed by atoms with Crippen LogP contribution in [0.15, 0.2) is 36.9 Å². The Bertz CT molecular complexity index is 1120. The van der Waals surface area contributed by atoms with Crippen LogP contribution in [0.5, 0.6) is 0 Å². The van der Waals surface area contributed by atoms with E-state index in [9.17, 15) is 0 Å². The third kappa shape index (κ3) is 3.01. The molecule has 8 nitrogen and oxygen atoms in total. The Hall–Kier alpha value is -3.26. The molecular formula is C20H22N8. The predicted octanol–water partition coefficient (Wildman–Crippen LogP) is 2.70. The Morgan fingerprint density at radius 3 is 2.79 bits per heavy atom. The normalized spacial score (nSPS) is 15.3. The number of rotatable bonds is 3. The molecule has 5 rings (SSSR count). The van der Waals surface area contributed by atoms with Gasteiger partial charge in [0.1, 0.15) is 5.65 Å². The third-order valence-corrected chi connectivity index (χ3v) is 5.30. The average molecular weight is 374 g/mol. The number of piperidine rings is 1. The number of anilines is 1. The Labute approximate surface area is 162 Å². The van der Waals surface area contributed by atoms with Crippen molar-refractivity contribution in [2.24, 2.45) is 0 Å². The van der Waals surface area contributed by atoms with Crippen LogP contribution in [-0.2, 0) is 0 Å². The first-order valence-corrected chi connectivity index (χ1v) is 9.51. The quantitative estimate of drug-likeness (QED) is 0.508. The summed E-state index contributed by atoms with van der Waals surface area (Å²) in [6.07, 6.45) is 10.1. The highest BCUT2D eigenvalue weighted by Gasteiger charge is 2.17. The van der Waals surface area contributed by atoms with E-state index >= 15 is 0 Å². The number of pyridine rings is 1. The minimum atomic E-state index is 0.275. The van der Waals surface area contributed by atoms with E-state index in [1.54, 1.807) is 0 Å². The summed E-state index contributed by atoms with van der Waals surface area (Å²) in [7, 11) is 0. The van der Waals surface area contributed by atoms with E-state index in [-0.39, 0.29) is 5.95 Å². The molecule has 4 N–H and O–H groups in total. The maximum absolute atomic E-state index is 5.84. The molecule has 142 valence electrons. The molecule has 0 aliphatic carbocycles. The van der Waals surface area contributed by atoms with Crippen molar-refractivity contribution in [2.45, 2.75) is 25.8 Å². The molecule has 4 aromatic heterocycles. The number of aromatic nitrogens is 6. The third-order valence-electron chi connectivity index (χ3n) is 5.30. The fraction of sp³-hybridized carbons (Fsp3) is 0.300. The zero-order valence-electron chi connectivity index (χ0n) is 15.7. The topological polar surface area (TPSA) is 110 Å². The number of aromatic amines is 1. The first kappa shape index (κ1) is 16.9. The summed E-state index contributed by atoms with van der Waals surface area (Å²) in [5.41, 5.74) is 11.4. The Kier molecular flexibility index (Phi) is 4.05. The Morgan fingerprint density at radius 1 is 1.11 bits per heavy atom. The molecule has 4 aromatic rings. The largest absolute Gasteiger partial charge is 0.368 e. The van der Waals surface area contributed by atoms with Crippen molar-refractivity contribution in [3.8, 4) is 22.4 Å². The summed E-state index contributed by atoms with van der Waals surface area (Å²) < 4.78 is 2.09. The zero-order valence-corrected chi connectivity index (χ0v) is 15.7. The van der Waals surface area contributed by atoms with Crippen LogP contribution >= 0.6 is 0 Å². The molecule has 0 amide bonds. The van der Waals surface area contributed by atoms with E-state index in [2.05, 4.69) is 47.3 Å². The number of hydrogen-bond donors (Lipinski definition) is 3. The van der Waals surface area contributed by atoms with Crippen LogP contribution in [0.2, 0.25) is 0 Å². The van der Waals surface area contributed by atoms with Crippen LogP contribution in [0, 0.1) is 6.92 Å². The molecule has 0 spiro atoms. The predicted molar refractivity (Wildman–Crippen MR) is 109 cm³/mol. The minimum Gasteiger partial charge on any atom is -0.368 e. The van der Waals surface area contributed by atoms with Crippen LogP contribution in [0.25, 0.3) is 33.4 Å². The van der Waals surface area contributed by atoms with Gasteiger partial charge in [-0.25, -0.2) is 15.0 Å². The molecule has 0 unspecified atom stereocenters. The van der Waals surface area contributed by atoms with Gasteiger partial charge in [0.2, 0.25) is 5.95 Å². The summed E-state index contributed by atoms with van der Waals surface area (Å²) in [5.74, 6) is 0.275. The number of fused-ring (bicyclic) bond motifs is 1. The van der Waals surface area contributed by atoms with Gasteiger partial charge >= 0.3 is 0 Å². The van der Waals surface area contributed by atoms with E-state index in [1.807, 2.05) is 31.6 Å². The van der Waals surface area contributed by atoms with Crippen molar-refractivity contribution in [1.29, 1.82) is 0 Å². The van der Waals surface area contributed by atoms with E-state index < -0.39 is 0 Å². The van der Waals surface area contributed by atoms with E-state index in [4.69, 9.17) is 5.73 Å². The molecular weight excluding hydrogens is 352 g/mol. The van der Waals surface area contributed by atoms with Gasteiger partial charge in [0.15, 0.2) is 0 Å². The van der Waals surface area contributed by atoms with Crippen molar-refractivity contribution in [3.05, 3.63) is 42.6 Å². The zero-order chi connectivity index (χ0) is 19.1. The minimum absolute atomic E-state index is 0.275. The van der Waals surface area contributed by atoms with E-state index in [0.717, 1.165) is 65.0 Å². The SMILES string of the molecule is Cc1cc(-c2c[nH]c3ncc(-c4cnn(C5CCNCC5)c4)cc23)nc(N)n1. The fourth-order valence-electron chi connectivity index (χ4n) is 3.86. The maximum atomic E-state index is 5.84. The molecule has 1 saturated heterocycles. The van der Waals surface area contributed by atoms with Crippen LogP contribution in [0.4, 0.5) is 5.95 Å².